The van der Waals surface area contributed by atoms with Crippen molar-refractivity contribution in [1.29, 1.82) is 0 Å². The van der Waals surface area contributed by atoms with E-state index in [-0.39, 0.29) is 12.0 Å². The summed E-state index contributed by atoms with van der Waals surface area (Å²) in [5, 5.41) is 0. The number of carbonyl (C=O) groups is 1. The first-order chi connectivity index (χ1) is 13.2. The summed E-state index contributed by atoms with van der Waals surface area (Å²) in [5.74, 6) is 1.89. The molecule has 0 aliphatic carbocycles. The fourth-order valence-electron chi connectivity index (χ4n) is 4.38. The van der Waals surface area contributed by atoms with Crippen molar-refractivity contribution < 1.29 is 14.3 Å². The van der Waals surface area contributed by atoms with Gasteiger partial charge in [-0.15, -0.1) is 0 Å². The van der Waals surface area contributed by atoms with Crippen LogP contribution in [0, 0.1) is 0 Å². The largest absolute Gasteiger partial charge is 0.494 e. The maximum absolute atomic E-state index is 12.9. The van der Waals surface area contributed by atoms with Crippen LogP contribution in [0.2, 0.25) is 0 Å². The molecule has 2 fully saturated rings. The van der Waals surface area contributed by atoms with E-state index < -0.39 is 0 Å². The van der Waals surface area contributed by atoms with Gasteiger partial charge < -0.3 is 14.4 Å². The topological polar surface area (TPSA) is 51.7 Å². The second kappa shape index (κ2) is 7.99. The van der Waals surface area contributed by atoms with Crippen molar-refractivity contribution in [2.24, 2.45) is 0 Å². The molecule has 1 amide bonds. The van der Waals surface area contributed by atoms with Gasteiger partial charge in [0, 0.05) is 31.1 Å². The number of carbonyl (C=O) groups excluding carboxylic acids is 1. The van der Waals surface area contributed by atoms with E-state index in [1.165, 1.54) is 0 Å². The fourth-order valence-corrected chi connectivity index (χ4v) is 4.38. The van der Waals surface area contributed by atoms with Gasteiger partial charge in [0.1, 0.15) is 17.6 Å². The lowest BCUT2D eigenvalue weighted by Crippen LogP contribution is -2.49. The number of ether oxygens (including phenoxy) is 2. The molecule has 142 valence electrons. The standard InChI is InChI=1S/C22H26N2O3/c1-2-26-19-9-5-16(6-10-19)12-22(25)24-17-7-8-18(24)14-21(13-17)27-20-4-3-11-23-15-20/h3-6,9-11,15,17-18,21H,2,7-8,12-14H2,1H3. The van der Waals surface area contributed by atoms with Gasteiger partial charge in [-0.05, 0) is 49.6 Å². The highest BCUT2D eigenvalue weighted by Crippen LogP contribution is 2.37. The Labute approximate surface area is 160 Å². The van der Waals surface area contributed by atoms with Crippen molar-refractivity contribution in [2.45, 2.75) is 57.2 Å². The Hall–Kier alpha value is -2.56. The van der Waals surface area contributed by atoms with Crippen molar-refractivity contribution >= 4 is 5.91 Å². The Bertz CT molecular complexity index is 749. The lowest BCUT2D eigenvalue weighted by molar-refractivity contribution is -0.136. The van der Waals surface area contributed by atoms with E-state index in [0.717, 1.165) is 42.7 Å². The molecule has 5 nitrogen and oxygen atoms in total. The first-order valence-corrected chi connectivity index (χ1v) is 9.82. The number of pyridine rings is 1. The van der Waals surface area contributed by atoms with E-state index >= 15 is 0 Å². The van der Waals surface area contributed by atoms with E-state index in [9.17, 15) is 4.79 Å². The number of hydrogen-bond donors (Lipinski definition) is 0. The van der Waals surface area contributed by atoms with Crippen molar-refractivity contribution in [3.05, 3.63) is 54.4 Å². The van der Waals surface area contributed by atoms with Crippen LogP contribution >= 0.6 is 0 Å². The van der Waals surface area contributed by atoms with Crippen LogP contribution in [0.5, 0.6) is 11.5 Å². The van der Waals surface area contributed by atoms with E-state index in [1.54, 1.807) is 12.4 Å². The van der Waals surface area contributed by atoms with Gasteiger partial charge in [0.05, 0.1) is 19.2 Å². The Morgan fingerprint density at radius 1 is 1.11 bits per heavy atom. The minimum atomic E-state index is 0.168. The molecule has 27 heavy (non-hydrogen) atoms. The number of fused-ring (bicyclic) bond motifs is 2. The van der Waals surface area contributed by atoms with Gasteiger partial charge in [-0.1, -0.05) is 12.1 Å². The van der Waals surface area contributed by atoms with Crippen LogP contribution in [0.3, 0.4) is 0 Å². The van der Waals surface area contributed by atoms with Crippen molar-refractivity contribution in [2.75, 3.05) is 6.61 Å². The number of benzene rings is 1. The van der Waals surface area contributed by atoms with Crippen molar-refractivity contribution in [3.8, 4) is 11.5 Å². The van der Waals surface area contributed by atoms with Gasteiger partial charge in [-0.25, -0.2) is 0 Å². The molecule has 2 aliphatic rings. The third-order valence-corrected chi connectivity index (χ3v) is 5.50. The smallest absolute Gasteiger partial charge is 0.227 e. The second-order valence-electron chi connectivity index (χ2n) is 7.34. The van der Waals surface area contributed by atoms with Crippen LogP contribution in [0.4, 0.5) is 0 Å². The number of nitrogens with zero attached hydrogens (tertiary/aromatic N) is 2. The van der Waals surface area contributed by atoms with Gasteiger partial charge in [-0.2, -0.15) is 0 Å². The van der Waals surface area contributed by atoms with Crippen LogP contribution in [0.1, 0.15) is 38.2 Å². The predicted molar refractivity (Wildman–Crippen MR) is 103 cm³/mol. The maximum atomic E-state index is 12.9. The summed E-state index contributed by atoms with van der Waals surface area (Å²) in [5.41, 5.74) is 1.04. The Morgan fingerprint density at radius 3 is 2.48 bits per heavy atom. The molecule has 4 rings (SSSR count). The highest BCUT2D eigenvalue weighted by molar-refractivity contribution is 5.80. The number of amides is 1. The van der Waals surface area contributed by atoms with Crippen LogP contribution in [0.25, 0.3) is 0 Å². The molecular formula is C22H26N2O3. The average Bonchev–Trinajstić information content (AvgIpc) is 2.95. The molecule has 1 aromatic carbocycles. The predicted octanol–water partition coefficient (Wildman–Crippen LogP) is 3.62. The lowest BCUT2D eigenvalue weighted by atomic mass is 9.98. The quantitative estimate of drug-likeness (QED) is 0.783. The minimum Gasteiger partial charge on any atom is -0.494 e. The number of rotatable bonds is 6. The van der Waals surface area contributed by atoms with E-state index in [4.69, 9.17) is 9.47 Å². The first-order valence-electron chi connectivity index (χ1n) is 9.82. The molecule has 1 aromatic heterocycles. The normalized spacial score (nSPS) is 23.9. The molecule has 2 aromatic rings. The summed E-state index contributed by atoms with van der Waals surface area (Å²) >= 11 is 0. The molecule has 2 unspecified atom stereocenters. The SMILES string of the molecule is CCOc1ccc(CC(=O)N2C3CCC2CC(Oc2cccnc2)C3)cc1. The van der Waals surface area contributed by atoms with Gasteiger partial charge in [-0.3, -0.25) is 9.78 Å². The van der Waals surface area contributed by atoms with Gasteiger partial charge >= 0.3 is 0 Å². The van der Waals surface area contributed by atoms with Gasteiger partial charge in [0.25, 0.3) is 0 Å². The highest BCUT2D eigenvalue weighted by atomic mass is 16.5. The summed E-state index contributed by atoms with van der Waals surface area (Å²) in [6, 6.07) is 12.3. The molecule has 2 bridgehead atoms. The number of hydrogen-bond acceptors (Lipinski definition) is 4. The van der Waals surface area contributed by atoms with E-state index in [0.29, 0.717) is 25.1 Å². The van der Waals surface area contributed by atoms with Crippen LogP contribution in [-0.4, -0.2) is 40.6 Å². The van der Waals surface area contributed by atoms with Crippen LogP contribution < -0.4 is 9.47 Å². The summed E-state index contributed by atoms with van der Waals surface area (Å²) in [7, 11) is 0. The fraction of sp³-hybridized carbons (Fsp3) is 0.455. The molecule has 2 atom stereocenters. The molecule has 5 heteroatoms. The summed E-state index contributed by atoms with van der Waals surface area (Å²) in [4.78, 5) is 19.2. The van der Waals surface area contributed by atoms with Gasteiger partial charge in [0.15, 0.2) is 0 Å². The Kier molecular flexibility index (Phi) is 5.28. The molecule has 3 heterocycles. The monoisotopic (exact) mass is 366 g/mol. The number of piperidine rings is 1. The average molecular weight is 366 g/mol. The van der Waals surface area contributed by atoms with Gasteiger partial charge in [0.2, 0.25) is 5.91 Å². The molecule has 0 N–H and O–H groups in total. The highest BCUT2D eigenvalue weighted by Gasteiger charge is 2.43. The minimum absolute atomic E-state index is 0.168. The zero-order chi connectivity index (χ0) is 18.6. The maximum Gasteiger partial charge on any atom is 0.227 e. The van der Waals surface area contributed by atoms with Crippen molar-refractivity contribution in [1.82, 2.24) is 9.88 Å². The van der Waals surface area contributed by atoms with Crippen LogP contribution in [0.15, 0.2) is 48.8 Å². The second-order valence-corrected chi connectivity index (χ2v) is 7.34. The van der Waals surface area contributed by atoms with E-state index in [1.807, 2.05) is 43.3 Å². The third kappa shape index (κ3) is 4.07. The zero-order valence-electron chi connectivity index (χ0n) is 15.7. The van der Waals surface area contributed by atoms with Crippen LogP contribution in [-0.2, 0) is 11.2 Å². The number of aromatic nitrogens is 1. The van der Waals surface area contributed by atoms with Crippen molar-refractivity contribution in [3.63, 3.8) is 0 Å². The first kappa shape index (κ1) is 17.8. The summed E-state index contributed by atoms with van der Waals surface area (Å²) in [6.45, 7) is 2.62. The molecule has 0 radical (unpaired) electrons. The van der Waals surface area contributed by atoms with E-state index in [2.05, 4.69) is 9.88 Å². The zero-order valence-corrected chi connectivity index (χ0v) is 15.7. The summed E-state index contributed by atoms with van der Waals surface area (Å²) < 4.78 is 11.6. The Morgan fingerprint density at radius 2 is 1.85 bits per heavy atom. The lowest BCUT2D eigenvalue weighted by Gasteiger charge is -2.39. The Balaban J connectivity index is 1.36. The molecule has 0 saturated carbocycles. The third-order valence-electron chi connectivity index (χ3n) is 5.50. The molecule has 0 spiro atoms. The summed E-state index contributed by atoms with van der Waals surface area (Å²) in [6.07, 6.45) is 8.08. The molecular weight excluding hydrogens is 340 g/mol. The molecule has 2 aliphatic heterocycles. The molecule has 2 saturated heterocycles.